The van der Waals surface area contributed by atoms with Crippen LogP contribution in [0.15, 0.2) is 79.4 Å². The van der Waals surface area contributed by atoms with Crippen LogP contribution in [-0.2, 0) is 0 Å². The van der Waals surface area contributed by atoms with Gasteiger partial charge in [-0.05, 0) is 42.2 Å². The molecule has 2 rings (SSSR count). The zero-order valence-electron chi connectivity index (χ0n) is 12.9. The fourth-order valence-corrected chi connectivity index (χ4v) is 2.04. The number of benzene rings is 2. The first kappa shape index (κ1) is 15.7. The maximum Gasteiger partial charge on any atom is 0.0536 e. The highest BCUT2D eigenvalue weighted by Gasteiger charge is 1.96. The molecule has 1 N–H and O–H groups in total. The van der Waals surface area contributed by atoms with Gasteiger partial charge in [-0.3, -0.25) is 0 Å². The minimum absolute atomic E-state index is 0.487. The van der Waals surface area contributed by atoms with Crippen molar-refractivity contribution in [3.8, 4) is 0 Å². The Morgan fingerprint density at radius 1 is 1.00 bits per heavy atom. The van der Waals surface area contributed by atoms with Gasteiger partial charge in [0.05, 0.1) is 5.71 Å². The zero-order valence-corrected chi connectivity index (χ0v) is 12.9. The normalized spacial score (nSPS) is 11.1. The molecular weight excluding hydrogens is 266 g/mol. The summed E-state index contributed by atoms with van der Waals surface area (Å²) >= 11 is 0. The van der Waals surface area contributed by atoms with Crippen molar-refractivity contribution >= 4 is 17.4 Å². The van der Waals surface area contributed by atoms with Crippen molar-refractivity contribution < 1.29 is 0 Å². The van der Waals surface area contributed by atoms with Crippen molar-refractivity contribution in [3.63, 3.8) is 0 Å². The molecule has 22 heavy (non-hydrogen) atoms. The fraction of sp³-hybridized carbons (Fsp3) is 0.0952. The van der Waals surface area contributed by atoms with Gasteiger partial charge in [-0.2, -0.15) is 0 Å². The minimum atomic E-state index is 0.487. The first-order valence-electron chi connectivity index (χ1n) is 7.38. The summed E-state index contributed by atoms with van der Waals surface area (Å²) in [5.74, 6) is 0. The number of rotatable bonds is 6. The molecule has 0 spiro atoms. The highest BCUT2D eigenvalue weighted by molar-refractivity contribution is 6.04. The number of hydrogen-bond acceptors (Lipinski definition) is 1. The summed E-state index contributed by atoms with van der Waals surface area (Å²) in [6.45, 7) is 6.18. The molecule has 0 radical (unpaired) electrons. The molecule has 0 aromatic heterocycles. The molecule has 0 unspecified atom stereocenters. The predicted octanol–water partition coefficient (Wildman–Crippen LogP) is 5.69. The topological polar surface area (TPSA) is 23.9 Å². The van der Waals surface area contributed by atoms with Crippen LogP contribution in [0.2, 0.25) is 0 Å². The average Bonchev–Trinajstić information content (AvgIpc) is 2.54. The van der Waals surface area contributed by atoms with Gasteiger partial charge in [-0.1, -0.05) is 78.9 Å². The van der Waals surface area contributed by atoms with E-state index in [0.717, 1.165) is 23.1 Å². The first-order chi connectivity index (χ1) is 10.6. The van der Waals surface area contributed by atoms with E-state index in [2.05, 4.69) is 37.8 Å². The Labute approximate surface area is 132 Å². The molecule has 1 heteroatoms. The Balaban J connectivity index is 1.86. The maximum atomic E-state index is 7.91. The Morgan fingerprint density at radius 2 is 1.68 bits per heavy atom. The smallest absolute Gasteiger partial charge is 0.0536 e. The molecule has 2 aromatic carbocycles. The molecule has 0 fully saturated rings. The number of hydrogen-bond donors (Lipinski definition) is 1. The van der Waals surface area contributed by atoms with Crippen LogP contribution in [0.4, 0.5) is 0 Å². The molecule has 0 saturated heterocycles. The summed E-state index contributed by atoms with van der Waals surface area (Å²) in [7, 11) is 0. The largest absolute Gasteiger partial charge is 0.301 e. The van der Waals surface area contributed by atoms with E-state index >= 15 is 0 Å². The van der Waals surface area contributed by atoms with Crippen molar-refractivity contribution in [3.05, 3.63) is 96.1 Å². The fourth-order valence-electron chi connectivity index (χ4n) is 2.04. The molecule has 1 nitrogen and oxygen atoms in total. The van der Waals surface area contributed by atoms with Crippen molar-refractivity contribution in [2.24, 2.45) is 0 Å². The Kier molecular flexibility index (Phi) is 5.67. The van der Waals surface area contributed by atoms with E-state index in [1.165, 1.54) is 5.56 Å². The van der Waals surface area contributed by atoms with E-state index < -0.39 is 0 Å². The van der Waals surface area contributed by atoms with Crippen LogP contribution < -0.4 is 0 Å². The van der Waals surface area contributed by atoms with Gasteiger partial charge in [0.1, 0.15) is 0 Å². The van der Waals surface area contributed by atoms with Gasteiger partial charge in [-0.25, -0.2) is 0 Å². The lowest BCUT2D eigenvalue weighted by Gasteiger charge is -2.03. The van der Waals surface area contributed by atoms with Gasteiger partial charge >= 0.3 is 0 Å². The molecule has 0 amide bonds. The Bertz CT molecular complexity index is 688. The monoisotopic (exact) mass is 287 g/mol. The predicted molar refractivity (Wildman–Crippen MR) is 97.2 cm³/mol. The van der Waals surface area contributed by atoms with E-state index in [9.17, 15) is 0 Å². The second kappa shape index (κ2) is 7.94. The third-order valence-electron chi connectivity index (χ3n) is 3.38. The van der Waals surface area contributed by atoms with E-state index in [4.69, 9.17) is 5.41 Å². The van der Waals surface area contributed by atoms with Gasteiger partial charge in [0.2, 0.25) is 0 Å². The van der Waals surface area contributed by atoms with Gasteiger partial charge in [-0.15, -0.1) is 0 Å². The molecule has 0 saturated carbocycles. The van der Waals surface area contributed by atoms with Crippen molar-refractivity contribution in [2.75, 3.05) is 0 Å². The second-order valence-electron chi connectivity index (χ2n) is 5.28. The molecular formula is C21H21N. The maximum absolute atomic E-state index is 7.91. The van der Waals surface area contributed by atoms with Gasteiger partial charge in [0.25, 0.3) is 0 Å². The third kappa shape index (κ3) is 5.02. The van der Waals surface area contributed by atoms with Crippen LogP contribution >= 0.6 is 0 Å². The summed E-state index contributed by atoms with van der Waals surface area (Å²) in [6, 6.07) is 18.4. The molecule has 110 valence electrons. The van der Waals surface area contributed by atoms with Gasteiger partial charge < -0.3 is 5.41 Å². The Morgan fingerprint density at radius 3 is 2.36 bits per heavy atom. The molecule has 0 aliphatic carbocycles. The Hall–Kier alpha value is -2.67. The van der Waals surface area contributed by atoms with E-state index in [1.54, 1.807) is 6.08 Å². The SMILES string of the molecule is C=C(C/C=C\C(=N)/C=C/c1ccccc1)c1ccc(C)cc1. The van der Waals surface area contributed by atoms with Crippen molar-refractivity contribution in [1.29, 1.82) is 5.41 Å². The van der Waals surface area contributed by atoms with Crippen LogP contribution in [0.5, 0.6) is 0 Å². The highest BCUT2D eigenvalue weighted by Crippen LogP contribution is 2.17. The van der Waals surface area contributed by atoms with Gasteiger partial charge in [0, 0.05) is 0 Å². The van der Waals surface area contributed by atoms with E-state index in [0.29, 0.717) is 5.71 Å². The number of allylic oxidation sites excluding steroid dienone is 4. The van der Waals surface area contributed by atoms with E-state index in [1.807, 2.05) is 48.6 Å². The zero-order chi connectivity index (χ0) is 15.8. The van der Waals surface area contributed by atoms with Crippen LogP contribution in [-0.4, -0.2) is 5.71 Å². The lowest BCUT2D eigenvalue weighted by atomic mass is 10.0. The quantitative estimate of drug-likeness (QED) is 0.660. The molecule has 0 aliphatic heterocycles. The second-order valence-corrected chi connectivity index (χ2v) is 5.28. The standard InChI is InChI=1S/C21H21N/c1-17-11-14-20(15-12-17)18(2)7-6-10-21(22)16-13-19-8-4-3-5-9-19/h3-6,8-16,22H,2,7H2,1H3/b10-6-,16-13+,22-21?. The first-order valence-corrected chi connectivity index (χ1v) is 7.38. The molecule has 0 bridgehead atoms. The van der Waals surface area contributed by atoms with Crippen LogP contribution in [0.25, 0.3) is 11.6 Å². The summed E-state index contributed by atoms with van der Waals surface area (Å²) in [5, 5.41) is 7.91. The summed E-state index contributed by atoms with van der Waals surface area (Å²) in [6.07, 6.45) is 8.31. The lowest BCUT2D eigenvalue weighted by Crippen LogP contribution is -1.85. The average molecular weight is 287 g/mol. The van der Waals surface area contributed by atoms with Crippen molar-refractivity contribution in [1.82, 2.24) is 0 Å². The molecule has 0 aliphatic rings. The summed E-state index contributed by atoms with van der Waals surface area (Å²) in [5.41, 5.74) is 5.06. The third-order valence-corrected chi connectivity index (χ3v) is 3.38. The minimum Gasteiger partial charge on any atom is -0.301 e. The van der Waals surface area contributed by atoms with Crippen LogP contribution in [0, 0.1) is 12.3 Å². The number of nitrogens with one attached hydrogen (secondary N) is 1. The van der Waals surface area contributed by atoms with Crippen molar-refractivity contribution in [2.45, 2.75) is 13.3 Å². The molecule has 2 aromatic rings. The van der Waals surface area contributed by atoms with E-state index in [-0.39, 0.29) is 0 Å². The molecule has 0 heterocycles. The lowest BCUT2D eigenvalue weighted by molar-refractivity contribution is 1.38. The van der Waals surface area contributed by atoms with Crippen LogP contribution in [0.1, 0.15) is 23.1 Å². The van der Waals surface area contributed by atoms with Crippen LogP contribution in [0.3, 0.4) is 0 Å². The van der Waals surface area contributed by atoms with Gasteiger partial charge in [0.15, 0.2) is 0 Å². The summed E-state index contributed by atoms with van der Waals surface area (Å²) < 4.78 is 0. The molecule has 0 atom stereocenters. The highest BCUT2D eigenvalue weighted by atomic mass is 14.4. The number of aryl methyl sites for hydroxylation is 1. The summed E-state index contributed by atoms with van der Waals surface area (Å²) in [4.78, 5) is 0.